The number of benzene rings is 3. The third kappa shape index (κ3) is 3.07. The number of carbonyl (C=O) groups is 3. The highest BCUT2D eigenvalue weighted by molar-refractivity contribution is 6.27. The maximum atomic E-state index is 14.0. The Morgan fingerprint density at radius 3 is 2.44 bits per heavy atom. The molecule has 180 valence electrons. The summed E-state index contributed by atoms with van der Waals surface area (Å²) in [7, 11) is 3.01. The molecule has 0 bridgehead atoms. The molecule has 36 heavy (non-hydrogen) atoms. The second kappa shape index (κ2) is 8.34. The third-order valence-electron chi connectivity index (χ3n) is 7.24. The Kier molecular flexibility index (Phi) is 5.10. The molecule has 0 saturated carbocycles. The normalized spacial score (nSPS) is 24.3. The van der Waals surface area contributed by atoms with Crippen molar-refractivity contribution >= 4 is 40.3 Å². The summed E-state index contributed by atoms with van der Waals surface area (Å²) in [5, 5.41) is 7.75. The highest BCUT2D eigenvalue weighted by atomic mass is 16.5. The number of carbonyl (C=O) groups excluding carboxylic acids is 3. The van der Waals surface area contributed by atoms with Crippen LogP contribution in [0.2, 0.25) is 0 Å². The van der Waals surface area contributed by atoms with Crippen LogP contribution in [0.3, 0.4) is 0 Å². The summed E-state index contributed by atoms with van der Waals surface area (Å²) in [5.74, 6) is -1.71. The van der Waals surface area contributed by atoms with Gasteiger partial charge in [0.1, 0.15) is 6.04 Å². The zero-order valence-electron chi connectivity index (χ0n) is 19.7. The van der Waals surface area contributed by atoms with Crippen molar-refractivity contribution in [2.45, 2.75) is 12.1 Å². The fraction of sp³-hybridized carbons (Fsp3) is 0.214. The number of hydrogen-bond donors (Lipinski definition) is 0. The van der Waals surface area contributed by atoms with E-state index in [0.29, 0.717) is 22.7 Å². The third-order valence-corrected chi connectivity index (χ3v) is 7.24. The van der Waals surface area contributed by atoms with Gasteiger partial charge in [-0.25, -0.2) is 4.90 Å². The molecule has 2 fully saturated rings. The molecule has 3 aliphatic heterocycles. The molecule has 4 atom stereocenters. The van der Waals surface area contributed by atoms with E-state index in [1.54, 1.807) is 41.6 Å². The van der Waals surface area contributed by atoms with Gasteiger partial charge in [-0.3, -0.25) is 19.4 Å². The van der Waals surface area contributed by atoms with Crippen molar-refractivity contribution < 1.29 is 23.9 Å². The lowest BCUT2D eigenvalue weighted by atomic mass is 9.86. The fourth-order valence-electron chi connectivity index (χ4n) is 5.64. The zero-order valence-corrected chi connectivity index (χ0v) is 19.7. The van der Waals surface area contributed by atoms with Crippen molar-refractivity contribution in [1.82, 2.24) is 5.01 Å². The summed E-state index contributed by atoms with van der Waals surface area (Å²) in [6.45, 7) is 0. The van der Waals surface area contributed by atoms with E-state index >= 15 is 0 Å². The van der Waals surface area contributed by atoms with Crippen molar-refractivity contribution in [3.63, 3.8) is 0 Å². The summed E-state index contributed by atoms with van der Waals surface area (Å²) in [4.78, 5) is 43.0. The Morgan fingerprint density at radius 1 is 0.889 bits per heavy atom. The molecule has 6 rings (SSSR count). The molecule has 3 aliphatic rings. The Morgan fingerprint density at radius 2 is 1.64 bits per heavy atom. The molecule has 0 aromatic heterocycles. The Bertz CT molecular complexity index is 1470. The number of imide groups is 1. The molecule has 0 radical (unpaired) electrons. The predicted molar refractivity (Wildman–Crippen MR) is 134 cm³/mol. The van der Waals surface area contributed by atoms with Gasteiger partial charge in [-0.15, -0.1) is 0 Å². The van der Waals surface area contributed by atoms with Gasteiger partial charge < -0.3 is 9.47 Å². The van der Waals surface area contributed by atoms with Gasteiger partial charge >= 0.3 is 0 Å². The van der Waals surface area contributed by atoms with Crippen LogP contribution in [0.15, 0.2) is 77.9 Å². The number of Topliss-reactive ketones (excluding diaryl/α,β-unsaturated/α-hetero) is 1. The number of fused-ring (bicyclic) bond motifs is 4. The van der Waals surface area contributed by atoms with Crippen LogP contribution in [-0.4, -0.2) is 55.1 Å². The molecule has 2 amide bonds. The summed E-state index contributed by atoms with van der Waals surface area (Å²) in [6.07, 6.45) is 5.16. The maximum Gasteiger partial charge on any atom is 0.240 e. The van der Waals surface area contributed by atoms with Crippen molar-refractivity contribution in [1.29, 1.82) is 0 Å². The van der Waals surface area contributed by atoms with E-state index in [1.807, 2.05) is 42.5 Å². The van der Waals surface area contributed by atoms with E-state index < -0.39 is 29.8 Å². The van der Waals surface area contributed by atoms with Crippen LogP contribution in [0.4, 0.5) is 5.69 Å². The van der Waals surface area contributed by atoms with Crippen molar-refractivity contribution in [2.75, 3.05) is 19.1 Å². The minimum absolute atomic E-state index is 0.304. The largest absolute Gasteiger partial charge is 0.493 e. The lowest BCUT2D eigenvalue weighted by molar-refractivity contribution is -0.123. The zero-order chi connectivity index (χ0) is 25.0. The van der Waals surface area contributed by atoms with Gasteiger partial charge in [0.15, 0.2) is 17.3 Å². The number of nitrogens with zero attached hydrogens (tertiary/aromatic N) is 3. The topological polar surface area (TPSA) is 88.5 Å². The standard InChI is InChI=1S/C28H23N3O5/c1-35-21-13-12-17(15-22(21)36-2)26(32)25-24-23(20-11-6-14-29-31(20)25)27(33)30(28(24)34)19-10-5-8-16-7-3-4-9-18(16)19/h3-15,20,23-25H,1-2H3/t20-,23+,24-,25+/m1/s1. The minimum atomic E-state index is -0.935. The first-order valence-electron chi connectivity index (χ1n) is 11.7. The highest BCUT2D eigenvalue weighted by Gasteiger charge is 2.64. The van der Waals surface area contributed by atoms with Crippen molar-refractivity contribution in [3.05, 3.63) is 78.4 Å². The van der Waals surface area contributed by atoms with Gasteiger partial charge in [-0.1, -0.05) is 42.5 Å². The first-order chi connectivity index (χ1) is 17.5. The summed E-state index contributed by atoms with van der Waals surface area (Å²) in [5.41, 5.74) is 0.885. The quantitative estimate of drug-likeness (QED) is 0.410. The average molecular weight is 482 g/mol. The first kappa shape index (κ1) is 22.0. The number of hydrogen-bond acceptors (Lipinski definition) is 7. The van der Waals surface area contributed by atoms with Crippen LogP contribution in [0.1, 0.15) is 10.4 Å². The smallest absolute Gasteiger partial charge is 0.240 e. The van der Waals surface area contributed by atoms with Crippen LogP contribution in [0.25, 0.3) is 10.8 Å². The molecular weight excluding hydrogens is 458 g/mol. The second-order valence-corrected chi connectivity index (χ2v) is 8.96. The monoisotopic (exact) mass is 481 g/mol. The molecule has 8 heteroatoms. The van der Waals surface area contributed by atoms with Crippen molar-refractivity contribution in [2.24, 2.45) is 16.9 Å². The van der Waals surface area contributed by atoms with E-state index in [9.17, 15) is 14.4 Å². The van der Waals surface area contributed by atoms with Crippen LogP contribution in [-0.2, 0) is 9.59 Å². The second-order valence-electron chi connectivity index (χ2n) is 8.96. The maximum absolute atomic E-state index is 14.0. The predicted octanol–water partition coefficient (Wildman–Crippen LogP) is 3.45. The summed E-state index contributed by atoms with van der Waals surface area (Å²) < 4.78 is 10.7. The molecule has 0 unspecified atom stereocenters. The van der Waals surface area contributed by atoms with Crippen LogP contribution in [0.5, 0.6) is 11.5 Å². The Balaban J connectivity index is 1.45. The van der Waals surface area contributed by atoms with Gasteiger partial charge in [0.05, 0.1) is 37.8 Å². The lowest BCUT2D eigenvalue weighted by Crippen LogP contribution is -2.46. The molecular formula is C28H23N3O5. The van der Waals surface area contributed by atoms with Crippen molar-refractivity contribution in [3.8, 4) is 11.5 Å². The number of hydrazone groups is 1. The molecule has 0 spiro atoms. The minimum Gasteiger partial charge on any atom is -0.493 e. The van der Waals surface area contributed by atoms with Crippen LogP contribution in [0, 0.1) is 11.8 Å². The number of allylic oxidation sites excluding steroid dienone is 1. The molecule has 3 heterocycles. The van der Waals surface area contributed by atoms with E-state index in [0.717, 1.165) is 10.8 Å². The lowest BCUT2D eigenvalue weighted by Gasteiger charge is -2.30. The number of anilines is 1. The molecule has 8 nitrogen and oxygen atoms in total. The van der Waals surface area contributed by atoms with E-state index in [-0.39, 0.29) is 11.7 Å². The van der Waals surface area contributed by atoms with E-state index in [1.165, 1.54) is 19.1 Å². The molecule has 0 N–H and O–H groups in total. The van der Waals surface area contributed by atoms with Gasteiger partial charge in [0, 0.05) is 17.2 Å². The molecule has 3 aromatic carbocycles. The van der Waals surface area contributed by atoms with Gasteiger partial charge in [0.2, 0.25) is 11.8 Å². The summed E-state index contributed by atoms with van der Waals surface area (Å²) in [6, 6.07) is 16.6. The number of ketones is 1. The van der Waals surface area contributed by atoms with Gasteiger partial charge in [0.25, 0.3) is 0 Å². The van der Waals surface area contributed by atoms with Crippen LogP contribution >= 0.6 is 0 Å². The number of ether oxygens (including phenoxy) is 2. The van der Waals surface area contributed by atoms with Gasteiger partial charge in [-0.2, -0.15) is 5.10 Å². The Hall–Kier alpha value is -4.46. The number of amides is 2. The molecule has 3 aromatic rings. The number of rotatable bonds is 5. The van der Waals surface area contributed by atoms with Crippen LogP contribution < -0.4 is 14.4 Å². The SMILES string of the molecule is COc1ccc(C(=O)[C@@H]2[C@@H]3C(=O)N(c4cccc5ccccc45)C(=O)[C@H]3[C@H]3C=CC=NN32)cc1OC. The first-order valence-corrected chi connectivity index (χ1v) is 11.7. The van der Waals surface area contributed by atoms with Gasteiger partial charge in [-0.05, 0) is 35.7 Å². The van der Waals surface area contributed by atoms with E-state index in [4.69, 9.17) is 9.47 Å². The summed E-state index contributed by atoms with van der Waals surface area (Å²) >= 11 is 0. The average Bonchev–Trinajstić information content (AvgIpc) is 3.39. The highest BCUT2D eigenvalue weighted by Crippen LogP contribution is 2.47. The fourth-order valence-corrected chi connectivity index (χ4v) is 5.64. The van der Waals surface area contributed by atoms with E-state index in [2.05, 4.69) is 5.10 Å². The molecule has 0 aliphatic carbocycles. The molecule has 2 saturated heterocycles. The Labute approximate surface area is 207 Å². The number of methoxy groups -OCH3 is 2.